The van der Waals surface area contributed by atoms with Crippen molar-refractivity contribution in [1.82, 2.24) is 9.97 Å². The second-order valence-corrected chi connectivity index (χ2v) is 3.52. The summed E-state index contributed by atoms with van der Waals surface area (Å²) < 4.78 is 19.0. The Hall–Kier alpha value is -1.49. The minimum absolute atomic E-state index is 0.142. The summed E-state index contributed by atoms with van der Waals surface area (Å²) in [5.41, 5.74) is 0. The first-order chi connectivity index (χ1) is 7.25. The molecule has 0 saturated carbocycles. The molecule has 0 bridgehead atoms. The smallest absolute Gasteiger partial charge is 0.223 e. The van der Waals surface area contributed by atoms with Crippen molar-refractivity contribution < 1.29 is 9.13 Å². The van der Waals surface area contributed by atoms with E-state index in [4.69, 9.17) is 4.74 Å². The van der Waals surface area contributed by atoms with Crippen molar-refractivity contribution in [2.45, 2.75) is 0 Å². The number of aromatic nitrogens is 2. The second kappa shape index (κ2) is 4.35. The van der Waals surface area contributed by atoms with Crippen molar-refractivity contribution in [3.8, 4) is 11.6 Å². The molecule has 0 amide bonds. The quantitative estimate of drug-likeness (QED) is 0.785. The maximum Gasteiger partial charge on any atom is 0.223 e. The molecule has 1 aromatic carbocycles. The highest BCUT2D eigenvalue weighted by atomic mass is 79.9. The molecular weight excluding hydrogens is 263 g/mol. The highest BCUT2D eigenvalue weighted by molar-refractivity contribution is 9.10. The zero-order chi connectivity index (χ0) is 10.7. The molecule has 0 saturated heterocycles. The second-order valence-electron chi connectivity index (χ2n) is 2.71. The lowest BCUT2D eigenvalue weighted by molar-refractivity contribution is 0.426. The van der Waals surface area contributed by atoms with Crippen LogP contribution in [0, 0.1) is 5.82 Å². The maximum absolute atomic E-state index is 13.2. The Kier molecular flexibility index (Phi) is 2.91. The lowest BCUT2D eigenvalue weighted by Crippen LogP contribution is -1.91. The monoisotopic (exact) mass is 268 g/mol. The van der Waals surface area contributed by atoms with Gasteiger partial charge in [-0.05, 0) is 28.1 Å². The van der Waals surface area contributed by atoms with Gasteiger partial charge < -0.3 is 4.74 Å². The van der Waals surface area contributed by atoms with E-state index < -0.39 is 5.82 Å². The number of halogens is 2. The first-order valence-corrected chi connectivity index (χ1v) is 4.95. The minimum Gasteiger partial charge on any atom is -0.436 e. The van der Waals surface area contributed by atoms with Crippen LogP contribution >= 0.6 is 15.9 Å². The van der Waals surface area contributed by atoms with Gasteiger partial charge >= 0.3 is 0 Å². The molecule has 5 heteroatoms. The van der Waals surface area contributed by atoms with E-state index in [1.807, 2.05) is 0 Å². The molecule has 0 spiro atoms. The molecule has 0 unspecified atom stereocenters. The summed E-state index contributed by atoms with van der Waals surface area (Å²) in [6.07, 6.45) is 1.33. The Labute approximate surface area is 94.1 Å². The Morgan fingerprint density at radius 1 is 1.20 bits per heavy atom. The molecule has 0 N–H and O–H groups in total. The van der Waals surface area contributed by atoms with E-state index >= 15 is 0 Å². The van der Waals surface area contributed by atoms with E-state index in [0.29, 0.717) is 10.5 Å². The molecule has 0 aliphatic heterocycles. The highest BCUT2D eigenvalue weighted by Gasteiger charge is 2.04. The predicted molar refractivity (Wildman–Crippen MR) is 56.2 cm³/mol. The molecule has 0 radical (unpaired) electrons. The molecule has 1 aromatic heterocycles. The van der Waals surface area contributed by atoms with Crippen molar-refractivity contribution in [2.75, 3.05) is 0 Å². The van der Waals surface area contributed by atoms with Crippen molar-refractivity contribution in [2.24, 2.45) is 0 Å². The van der Waals surface area contributed by atoms with E-state index in [1.54, 1.807) is 18.2 Å². The SMILES string of the molecule is Fc1ccccc1Oc1cc(Br)ncn1. The van der Waals surface area contributed by atoms with Gasteiger partial charge in [-0.2, -0.15) is 0 Å². The zero-order valence-corrected chi connectivity index (χ0v) is 9.11. The highest BCUT2D eigenvalue weighted by Crippen LogP contribution is 2.23. The van der Waals surface area contributed by atoms with E-state index in [1.165, 1.54) is 18.5 Å². The molecule has 0 aliphatic rings. The first-order valence-electron chi connectivity index (χ1n) is 4.15. The number of ether oxygens (including phenoxy) is 1. The summed E-state index contributed by atoms with van der Waals surface area (Å²) in [5, 5.41) is 0. The van der Waals surface area contributed by atoms with E-state index in [0.717, 1.165) is 0 Å². The summed E-state index contributed by atoms with van der Waals surface area (Å²) in [6.45, 7) is 0. The Bertz CT molecular complexity index is 478. The fraction of sp³-hybridized carbons (Fsp3) is 0. The summed E-state index contributed by atoms with van der Waals surface area (Å²) in [6, 6.07) is 7.70. The third-order valence-electron chi connectivity index (χ3n) is 1.66. The molecule has 76 valence electrons. The third-order valence-corrected chi connectivity index (χ3v) is 2.09. The number of nitrogens with zero attached hydrogens (tertiary/aromatic N) is 2. The molecule has 1 heterocycles. The molecule has 0 fully saturated rings. The molecule has 0 aliphatic carbocycles. The Morgan fingerprint density at radius 3 is 2.73 bits per heavy atom. The molecule has 15 heavy (non-hydrogen) atoms. The molecular formula is C10H6BrFN2O. The van der Waals surface area contributed by atoms with Gasteiger partial charge in [0.2, 0.25) is 5.88 Å². The molecule has 2 aromatic rings. The standard InChI is InChI=1S/C10H6BrFN2O/c11-9-5-10(14-6-13-9)15-8-4-2-1-3-7(8)12/h1-6H. The summed E-state index contributed by atoms with van der Waals surface area (Å²) in [7, 11) is 0. The van der Waals surface area contributed by atoms with E-state index in [9.17, 15) is 4.39 Å². The number of hydrogen-bond acceptors (Lipinski definition) is 3. The number of benzene rings is 1. The third kappa shape index (κ3) is 2.50. The minimum atomic E-state index is -0.424. The van der Waals surface area contributed by atoms with Crippen molar-refractivity contribution in [3.63, 3.8) is 0 Å². The summed E-state index contributed by atoms with van der Waals surface area (Å²) in [5.74, 6) is 0.0114. The van der Waals surface area contributed by atoms with Crippen LogP contribution in [-0.2, 0) is 0 Å². The average Bonchev–Trinajstić information content (AvgIpc) is 2.22. The van der Waals surface area contributed by atoms with E-state index in [2.05, 4.69) is 25.9 Å². The topological polar surface area (TPSA) is 35.0 Å². The van der Waals surface area contributed by atoms with Crippen molar-refractivity contribution in [3.05, 3.63) is 47.1 Å². The Balaban J connectivity index is 2.26. The van der Waals surface area contributed by atoms with Gasteiger partial charge in [0.15, 0.2) is 11.6 Å². The fourth-order valence-corrected chi connectivity index (χ4v) is 1.30. The van der Waals surface area contributed by atoms with Crippen LogP contribution in [0.3, 0.4) is 0 Å². The van der Waals surface area contributed by atoms with Gasteiger partial charge in [0, 0.05) is 6.07 Å². The van der Waals surface area contributed by atoms with Gasteiger partial charge in [0.25, 0.3) is 0 Å². The predicted octanol–water partition coefficient (Wildman–Crippen LogP) is 3.17. The van der Waals surface area contributed by atoms with E-state index in [-0.39, 0.29) is 5.75 Å². The van der Waals surface area contributed by atoms with Crippen LogP contribution < -0.4 is 4.74 Å². The van der Waals surface area contributed by atoms with Gasteiger partial charge in [-0.1, -0.05) is 12.1 Å². The van der Waals surface area contributed by atoms with Gasteiger partial charge in [-0.15, -0.1) is 0 Å². The lowest BCUT2D eigenvalue weighted by Gasteiger charge is -2.04. The van der Waals surface area contributed by atoms with Gasteiger partial charge in [0.1, 0.15) is 10.9 Å². The Morgan fingerprint density at radius 2 is 2.00 bits per heavy atom. The average molecular weight is 269 g/mol. The molecule has 0 atom stereocenters. The number of hydrogen-bond donors (Lipinski definition) is 0. The molecule has 3 nitrogen and oxygen atoms in total. The van der Waals surface area contributed by atoms with Crippen LogP contribution in [0.15, 0.2) is 41.3 Å². The number of para-hydroxylation sites is 1. The largest absolute Gasteiger partial charge is 0.436 e. The van der Waals surface area contributed by atoms with Gasteiger partial charge in [-0.3, -0.25) is 0 Å². The normalized spacial score (nSPS) is 10.0. The molecule has 2 rings (SSSR count). The van der Waals surface area contributed by atoms with Crippen LogP contribution in [0.1, 0.15) is 0 Å². The van der Waals surface area contributed by atoms with Crippen molar-refractivity contribution in [1.29, 1.82) is 0 Å². The van der Waals surface area contributed by atoms with Crippen LogP contribution in [0.4, 0.5) is 4.39 Å². The van der Waals surface area contributed by atoms with Crippen LogP contribution in [0.5, 0.6) is 11.6 Å². The van der Waals surface area contributed by atoms with Gasteiger partial charge in [0.05, 0.1) is 0 Å². The lowest BCUT2D eigenvalue weighted by atomic mass is 10.3. The fourth-order valence-electron chi connectivity index (χ4n) is 1.01. The van der Waals surface area contributed by atoms with Crippen molar-refractivity contribution >= 4 is 15.9 Å². The van der Waals surface area contributed by atoms with Gasteiger partial charge in [-0.25, -0.2) is 14.4 Å². The summed E-state index contributed by atoms with van der Waals surface area (Å²) in [4.78, 5) is 7.68. The first kappa shape index (κ1) is 10.0. The maximum atomic E-state index is 13.2. The zero-order valence-electron chi connectivity index (χ0n) is 7.52. The van der Waals surface area contributed by atoms with Crippen LogP contribution in [0.25, 0.3) is 0 Å². The van der Waals surface area contributed by atoms with Crippen LogP contribution in [0.2, 0.25) is 0 Å². The summed E-state index contributed by atoms with van der Waals surface area (Å²) >= 11 is 3.17. The van der Waals surface area contributed by atoms with Crippen LogP contribution in [-0.4, -0.2) is 9.97 Å². The number of rotatable bonds is 2.